The van der Waals surface area contributed by atoms with E-state index in [0.29, 0.717) is 33.9 Å². The molecule has 1 amide bonds. The summed E-state index contributed by atoms with van der Waals surface area (Å²) in [6.07, 6.45) is -4.77. The van der Waals surface area contributed by atoms with Crippen LogP contribution in [0, 0.1) is 0 Å². The molecule has 3 aromatic carbocycles. The van der Waals surface area contributed by atoms with Crippen LogP contribution in [0.4, 0.5) is 30.2 Å². The molecule has 1 aliphatic rings. The molecule has 0 unspecified atom stereocenters. The van der Waals surface area contributed by atoms with Crippen molar-refractivity contribution < 1.29 is 22.7 Å². The normalized spacial score (nSPS) is 14.7. The first-order valence-electron chi connectivity index (χ1n) is 8.94. The third-order valence-corrected chi connectivity index (χ3v) is 4.46. The molecule has 4 rings (SSSR count). The van der Waals surface area contributed by atoms with Gasteiger partial charge in [-0.3, -0.25) is 4.79 Å². The molecule has 0 aromatic heterocycles. The first-order valence-corrected chi connectivity index (χ1v) is 8.94. The summed E-state index contributed by atoms with van der Waals surface area (Å²) in [5.41, 5.74) is 9.79. The Balaban J connectivity index is 1.77. The molecule has 152 valence electrons. The molecule has 0 bridgehead atoms. The fraction of sp³-hybridized carbons (Fsp3) is 0.0455. The van der Waals surface area contributed by atoms with Gasteiger partial charge in [0, 0.05) is 22.6 Å². The zero-order chi connectivity index (χ0) is 21.3. The van der Waals surface area contributed by atoms with Crippen molar-refractivity contribution in [1.82, 2.24) is 0 Å². The van der Waals surface area contributed by atoms with Gasteiger partial charge in [0.05, 0.1) is 11.3 Å². The first-order chi connectivity index (χ1) is 14.3. The number of hydrogen-bond acceptors (Lipinski definition) is 4. The number of nitrogens with one attached hydrogen (secondary N) is 2. The largest absolute Gasteiger partial charge is 0.573 e. The van der Waals surface area contributed by atoms with Gasteiger partial charge in [0.2, 0.25) is 0 Å². The highest BCUT2D eigenvalue weighted by molar-refractivity contribution is 6.37. The molecule has 0 atom stereocenters. The van der Waals surface area contributed by atoms with Crippen LogP contribution in [0.25, 0.3) is 11.3 Å². The Morgan fingerprint density at radius 2 is 1.67 bits per heavy atom. The number of nitrogen functional groups attached to an aromatic ring is 1. The first kappa shape index (κ1) is 19.4. The number of ether oxygens (including phenoxy) is 1. The van der Waals surface area contributed by atoms with Gasteiger partial charge in [-0.1, -0.05) is 30.3 Å². The van der Waals surface area contributed by atoms with E-state index in [0.717, 1.165) is 5.56 Å². The van der Waals surface area contributed by atoms with Crippen LogP contribution in [0.3, 0.4) is 0 Å². The number of benzene rings is 3. The molecule has 0 fully saturated rings. The molecule has 0 aliphatic carbocycles. The van der Waals surface area contributed by atoms with Crippen molar-refractivity contribution in [2.75, 3.05) is 16.4 Å². The van der Waals surface area contributed by atoms with Crippen molar-refractivity contribution in [2.45, 2.75) is 6.36 Å². The van der Waals surface area contributed by atoms with Crippen molar-refractivity contribution in [1.29, 1.82) is 0 Å². The summed E-state index contributed by atoms with van der Waals surface area (Å²) in [6, 6.07) is 19.5. The second-order valence-electron chi connectivity index (χ2n) is 6.57. The molecular weight excluding hydrogens is 395 g/mol. The van der Waals surface area contributed by atoms with E-state index in [-0.39, 0.29) is 11.7 Å². The van der Waals surface area contributed by atoms with Crippen molar-refractivity contribution in [2.24, 2.45) is 0 Å². The highest BCUT2D eigenvalue weighted by Crippen LogP contribution is 2.38. The van der Waals surface area contributed by atoms with Crippen LogP contribution in [0.5, 0.6) is 5.75 Å². The second-order valence-corrected chi connectivity index (χ2v) is 6.57. The van der Waals surface area contributed by atoms with E-state index in [1.54, 1.807) is 18.2 Å². The molecular formula is C22H16F3N3O2. The lowest BCUT2D eigenvalue weighted by molar-refractivity contribution is -0.274. The Hall–Kier alpha value is -3.94. The Labute approximate surface area is 170 Å². The Morgan fingerprint density at radius 3 is 2.33 bits per heavy atom. The fourth-order valence-electron chi connectivity index (χ4n) is 3.20. The van der Waals surface area contributed by atoms with E-state index in [9.17, 15) is 18.0 Å². The average Bonchev–Trinajstić information content (AvgIpc) is 3.02. The smallest absolute Gasteiger partial charge is 0.406 e. The van der Waals surface area contributed by atoms with Gasteiger partial charge in [0.1, 0.15) is 5.75 Å². The van der Waals surface area contributed by atoms with E-state index >= 15 is 0 Å². The molecule has 30 heavy (non-hydrogen) atoms. The molecule has 1 heterocycles. The number of fused-ring (bicyclic) bond motifs is 1. The van der Waals surface area contributed by atoms with Crippen LogP contribution in [-0.2, 0) is 4.79 Å². The lowest BCUT2D eigenvalue weighted by Gasteiger charge is -2.15. The van der Waals surface area contributed by atoms with Crippen molar-refractivity contribution in [3.8, 4) is 5.75 Å². The summed E-state index contributed by atoms with van der Waals surface area (Å²) in [7, 11) is 0. The van der Waals surface area contributed by atoms with Crippen molar-refractivity contribution >= 4 is 34.2 Å². The molecule has 8 heteroatoms. The predicted octanol–water partition coefficient (Wildman–Crippen LogP) is 5.10. The van der Waals surface area contributed by atoms with Crippen LogP contribution in [-0.4, -0.2) is 12.3 Å². The molecule has 1 aliphatic heterocycles. The molecule has 0 saturated carbocycles. The van der Waals surface area contributed by atoms with E-state index < -0.39 is 6.36 Å². The topological polar surface area (TPSA) is 76.4 Å². The third kappa shape index (κ3) is 4.07. The zero-order valence-electron chi connectivity index (χ0n) is 15.5. The maximum atomic E-state index is 12.8. The average molecular weight is 411 g/mol. The van der Waals surface area contributed by atoms with Gasteiger partial charge in [-0.25, -0.2) is 0 Å². The number of rotatable bonds is 4. The fourth-order valence-corrected chi connectivity index (χ4v) is 3.20. The minimum Gasteiger partial charge on any atom is -0.406 e. The maximum absolute atomic E-state index is 12.8. The molecule has 3 aromatic rings. The molecule has 0 saturated heterocycles. The van der Waals surface area contributed by atoms with E-state index in [4.69, 9.17) is 5.73 Å². The summed E-state index contributed by atoms with van der Waals surface area (Å²) in [5.74, 6) is -0.641. The number of nitrogens with two attached hydrogens (primary N) is 1. The number of amides is 1. The highest BCUT2D eigenvalue weighted by Gasteiger charge is 2.31. The van der Waals surface area contributed by atoms with E-state index in [1.165, 1.54) is 24.3 Å². The summed E-state index contributed by atoms with van der Waals surface area (Å²) in [4.78, 5) is 12.8. The van der Waals surface area contributed by atoms with Gasteiger partial charge in [0.25, 0.3) is 5.91 Å². The van der Waals surface area contributed by atoms with Gasteiger partial charge in [-0.05, 0) is 48.0 Å². The summed E-state index contributed by atoms with van der Waals surface area (Å²) >= 11 is 0. The second kappa shape index (κ2) is 7.47. The standard InChI is InChI=1S/C22H16F3N3O2/c23-22(24,25)30-16-9-7-15(8-10-16)27-20(13-4-2-1-3-5-13)19-17-12-14(26)6-11-18(17)28-21(19)29/h1-12,27H,26H2,(H,28,29)/b20-19-. The third-order valence-electron chi connectivity index (χ3n) is 4.46. The monoisotopic (exact) mass is 411 g/mol. The Kier molecular flexibility index (Phi) is 4.83. The van der Waals surface area contributed by atoms with Crippen molar-refractivity contribution in [3.63, 3.8) is 0 Å². The molecule has 4 N–H and O–H groups in total. The quantitative estimate of drug-likeness (QED) is 0.412. The minimum absolute atomic E-state index is 0.307. The van der Waals surface area contributed by atoms with Gasteiger partial charge in [0.15, 0.2) is 0 Å². The SMILES string of the molecule is Nc1ccc2c(c1)/C(=C(/Nc1ccc(OC(F)(F)F)cc1)c1ccccc1)C(=O)N2. The lowest BCUT2D eigenvalue weighted by Crippen LogP contribution is -2.17. The van der Waals surface area contributed by atoms with E-state index in [2.05, 4.69) is 15.4 Å². The zero-order valence-corrected chi connectivity index (χ0v) is 15.5. The van der Waals surface area contributed by atoms with E-state index in [1.807, 2.05) is 30.3 Å². The number of hydrogen-bond donors (Lipinski definition) is 3. The van der Waals surface area contributed by atoms with Crippen LogP contribution < -0.4 is 21.1 Å². The number of halogens is 3. The summed E-state index contributed by atoms with van der Waals surface area (Å²) in [6.45, 7) is 0. The van der Waals surface area contributed by atoms with Crippen LogP contribution >= 0.6 is 0 Å². The predicted molar refractivity (Wildman–Crippen MR) is 109 cm³/mol. The number of carbonyl (C=O) groups excluding carboxylic acids is 1. The molecule has 0 radical (unpaired) electrons. The van der Waals surface area contributed by atoms with Crippen LogP contribution in [0.15, 0.2) is 72.8 Å². The Morgan fingerprint density at radius 1 is 0.967 bits per heavy atom. The van der Waals surface area contributed by atoms with Gasteiger partial charge < -0.3 is 21.1 Å². The lowest BCUT2D eigenvalue weighted by atomic mass is 9.99. The number of alkyl halides is 3. The molecule has 0 spiro atoms. The van der Waals surface area contributed by atoms with Crippen LogP contribution in [0.2, 0.25) is 0 Å². The number of carbonyl (C=O) groups is 1. The molecule has 5 nitrogen and oxygen atoms in total. The Bertz CT molecular complexity index is 1120. The van der Waals surface area contributed by atoms with Gasteiger partial charge >= 0.3 is 6.36 Å². The summed E-state index contributed by atoms with van der Waals surface area (Å²) in [5, 5.41) is 5.97. The summed E-state index contributed by atoms with van der Waals surface area (Å²) < 4.78 is 41.1. The van der Waals surface area contributed by atoms with Gasteiger partial charge in [-0.2, -0.15) is 0 Å². The number of anilines is 3. The van der Waals surface area contributed by atoms with Crippen LogP contribution in [0.1, 0.15) is 11.1 Å². The van der Waals surface area contributed by atoms with Gasteiger partial charge in [-0.15, -0.1) is 13.2 Å². The highest BCUT2D eigenvalue weighted by atomic mass is 19.4. The maximum Gasteiger partial charge on any atom is 0.573 e. The van der Waals surface area contributed by atoms with Crippen molar-refractivity contribution in [3.05, 3.63) is 83.9 Å². The minimum atomic E-state index is -4.77.